The lowest BCUT2D eigenvalue weighted by Gasteiger charge is -2.25. The van der Waals surface area contributed by atoms with Crippen LogP contribution in [0.5, 0.6) is 0 Å². The van der Waals surface area contributed by atoms with Gasteiger partial charge in [0.15, 0.2) is 5.82 Å². The van der Waals surface area contributed by atoms with Gasteiger partial charge in [0.2, 0.25) is 0 Å². The van der Waals surface area contributed by atoms with Gasteiger partial charge in [-0.05, 0) is 37.3 Å². The first-order chi connectivity index (χ1) is 17.0. The number of aryl methyl sites for hydroxylation is 2. The molecule has 0 radical (unpaired) electrons. The van der Waals surface area contributed by atoms with Gasteiger partial charge in [0.05, 0.1) is 0 Å². The number of H-pyrrole nitrogens is 2. The van der Waals surface area contributed by atoms with Crippen LogP contribution in [0.2, 0.25) is 0 Å². The van der Waals surface area contributed by atoms with E-state index in [9.17, 15) is 19.2 Å². The second-order valence-corrected chi connectivity index (χ2v) is 8.80. The summed E-state index contributed by atoms with van der Waals surface area (Å²) in [5, 5.41) is 3.96. The lowest BCUT2D eigenvalue weighted by atomic mass is 9.83. The molecule has 0 spiro atoms. The number of aromatic nitrogens is 7. The molecule has 0 unspecified atom stereocenters. The van der Waals surface area contributed by atoms with E-state index in [4.69, 9.17) is 4.52 Å². The van der Waals surface area contributed by atoms with Crippen molar-refractivity contribution in [3.63, 3.8) is 0 Å². The smallest absolute Gasteiger partial charge is 0.331 e. The monoisotopic (exact) mass is 479 g/mol. The molecule has 0 aliphatic heterocycles. The van der Waals surface area contributed by atoms with Crippen LogP contribution in [0.15, 0.2) is 48.1 Å². The van der Waals surface area contributed by atoms with Gasteiger partial charge in [-0.15, -0.1) is 0 Å². The molecule has 4 aromatic rings. The van der Waals surface area contributed by atoms with Crippen molar-refractivity contribution in [2.75, 3.05) is 0 Å². The maximum Gasteiger partial charge on any atom is 0.331 e. The highest BCUT2D eigenvalue weighted by Crippen LogP contribution is 2.29. The summed E-state index contributed by atoms with van der Waals surface area (Å²) in [4.78, 5) is 63.6. The lowest BCUT2D eigenvalue weighted by Crippen LogP contribution is -2.44. The third-order valence-electron chi connectivity index (χ3n) is 6.48. The van der Waals surface area contributed by atoms with Gasteiger partial charge in [-0.25, -0.2) is 9.59 Å². The van der Waals surface area contributed by atoms with E-state index in [-0.39, 0.29) is 17.6 Å². The molecule has 4 heterocycles. The highest BCUT2D eigenvalue weighted by molar-refractivity contribution is 5.71. The van der Waals surface area contributed by atoms with Crippen molar-refractivity contribution >= 4 is 11.0 Å². The Balaban J connectivity index is 1.34. The standard InChI is InChI=1S/C23H25N7O5/c31-19-18-17(26-22(33)27-19)21(32)30(23(34)29(18)13-10-14-6-5-7-14)12-4-2-9-16-25-20(35-28-16)15-8-1-3-11-24-15/h1,3,8,11,14H,2,4-7,9-10,12-13H2,(H2,26,27,31,33). The number of nitrogens with one attached hydrogen (secondary N) is 2. The van der Waals surface area contributed by atoms with Gasteiger partial charge in [0.1, 0.15) is 16.7 Å². The molecule has 1 aliphatic carbocycles. The molecule has 12 nitrogen and oxygen atoms in total. The van der Waals surface area contributed by atoms with Crippen molar-refractivity contribution in [1.82, 2.24) is 34.2 Å². The maximum atomic E-state index is 13.2. The van der Waals surface area contributed by atoms with Crippen molar-refractivity contribution < 1.29 is 4.52 Å². The molecule has 0 bridgehead atoms. The van der Waals surface area contributed by atoms with Crippen molar-refractivity contribution in [1.29, 1.82) is 0 Å². The van der Waals surface area contributed by atoms with Crippen molar-refractivity contribution in [2.24, 2.45) is 5.92 Å². The van der Waals surface area contributed by atoms with Gasteiger partial charge in [-0.2, -0.15) is 4.98 Å². The van der Waals surface area contributed by atoms with Crippen molar-refractivity contribution in [3.8, 4) is 11.6 Å². The highest BCUT2D eigenvalue weighted by Gasteiger charge is 2.21. The number of nitrogens with zero attached hydrogens (tertiary/aromatic N) is 5. The van der Waals surface area contributed by atoms with E-state index in [0.29, 0.717) is 49.1 Å². The average molecular weight is 479 g/mol. The average Bonchev–Trinajstić information content (AvgIpc) is 3.29. The first-order valence-electron chi connectivity index (χ1n) is 11.7. The second kappa shape index (κ2) is 9.65. The van der Waals surface area contributed by atoms with Gasteiger partial charge in [0, 0.05) is 25.7 Å². The molecule has 35 heavy (non-hydrogen) atoms. The number of unbranched alkanes of at least 4 members (excludes halogenated alkanes) is 1. The molecule has 0 saturated heterocycles. The Morgan fingerprint density at radius 1 is 1.03 bits per heavy atom. The summed E-state index contributed by atoms with van der Waals surface area (Å²) >= 11 is 0. The first kappa shape index (κ1) is 22.7. The molecule has 2 N–H and O–H groups in total. The van der Waals surface area contributed by atoms with Crippen LogP contribution in [0.4, 0.5) is 0 Å². The van der Waals surface area contributed by atoms with E-state index >= 15 is 0 Å². The van der Waals surface area contributed by atoms with Crippen LogP contribution in [0.1, 0.15) is 44.3 Å². The van der Waals surface area contributed by atoms with Gasteiger partial charge in [0.25, 0.3) is 17.0 Å². The molecule has 0 atom stereocenters. The van der Waals surface area contributed by atoms with Gasteiger partial charge < -0.3 is 9.51 Å². The Morgan fingerprint density at radius 2 is 1.89 bits per heavy atom. The Morgan fingerprint density at radius 3 is 2.63 bits per heavy atom. The molecule has 0 aromatic carbocycles. The summed E-state index contributed by atoms with van der Waals surface area (Å²) in [6, 6.07) is 5.39. The van der Waals surface area contributed by atoms with Crippen LogP contribution in [0.3, 0.4) is 0 Å². The zero-order valence-electron chi connectivity index (χ0n) is 19.0. The summed E-state index contributed by atoms with van der Waals surface area (Å²) in [7, 11) is 0. The Labute approximate surface area is 197 Å². The van der Waals surface area contributed by atoms with E-state index in [1.165, 1.54) is 4.57 Å². The number of pyridine rings is 1. The zero-order valence-corrected chi connectivity index (χ0v) is 19.0. The van der Waals surface area contributed by atoms with Crippen LogP contribution in [0, 0.1) is 5.92 Å². The third kappa shape index (κ3) is 4.63. The van der Waals surface area contributed by atoms with Gasteiger partial charge >= 0.3 is 11.4 Å². The quantitative estimate of drug-likeness (QED) is 0.338. The van der Waals surface area contributed by atoms with Gasteiger partial charge in [-0.1, -0.05) is 30.5 Å². The molecule has 1 fully saturated rings. The fraction of sp³-hybridized carbons (Fsp3) is 0.435. The molecular formula is C23H25N7O5. The van der Waals surface area contributed by atoms with Crippen LogP contribution >= 0.6 is 0 Å². The van der Waals surface area contributed by atoms with E-state index in [0.717, 1.165) is 30.3 Å². The number of hydrogen-bond donors (Lipinski definition) is 2. The molecule has 182 valence electrons. The van der Waals surface area contributed by atoms with Crippen LogP contribution in [-0.4, -0.2) is 34.2 Å². The van der Waals surface area contributed by atoms with Crippen LogP contribution in [0.25, 0.3) is 22.6 Å². The van der Waals surface area contributed by atoms with E-state index in [1.54, 1.807) is 18.3 Å². The lowest BCUT2D eigenvalue weighted by molar-refractivity contribution is 0.281. The van der Waals surface area contributed by atoms with Crippen molar-refractivity contribution in [2.45, 2.75) is 58.0 Å². The van der Waals surface area contributed by atoms with E-state index in [2.05, 4.69) is 25.1 Å². The summed E-state index contributed by atoms with van der Waals surface area (Å²) in [5.74, 6) is 1.34. The molecule has 4 aromatic heterocycles. The predicted molar refractivity (Wildman–Crippen MR) is 126 cm³/mol. The van der Waals surface area contributed by atoms with Crippen LogP contribution < -0.4 is 22.5 Å². The molecular weight excluding hydrogens is 454 g/mol. The second-order valence-electron chi connectivity index (χ2n) is 8.80. The largest absolute Gasteiger partial charge is 0.332 e. The molecule has 5 rings (SSSR count). The fourth-order valence-electron chi connectivity index (χ4n) is 4.35. The minimum Gasteiger partial charge on any atom is -0.332 e. The van der Waals surface area contributed by atoms with Crippen molar-refractivity contribution in [3.05, 3.63) is 71.9 Å². The molecule has 1 aliphatic rings. The van der Waals surface area contributed by atoms with E-state index in [1.807, 2.05) is 6.07 Å². The Bertz CT molecular complexity index is 1570. The van der Waals surface area contributed by atoms with Gasteiger partial charge in [-0.3, -0.25) is 28.7 Å². The number of hydrogen-bond acceptors (Lipinski definition) is 8. The third-order valence-corrected chi connectivity index (χ3v) is 6.48. The SMILES string of the molecule is O=c1[nH]c(=O)c2c([nH]1)c(=O)n(CCCCc1noc(-c3ccccn3)n1)c(=O)n2CCC1CCC1. The minimum atomic E-state index is -0.781. The summed E-state index contributed by atoms with van der Waals surface area (Å²) in [6.07, 6.45) is 7.31. The number of fused-ring (bicyclic) bond motifs is 1. The minimum absolute atomic E-state index is 0.0796. The summed E-state index contributed by atoms with van der Waals surface area (Å²) in [5.41, 5.74) is -2.38. The predicted octanol–water partition coefficient (Wildman–Crippen LogP) is 1.20. The summed E-state index contributed by atoms with van der Waals surface area (Å²) < 4.78 is 7.67. The molecule has 12 heteroatoms. The first-order valence-corrected chi connectivity index (χ1v) is 11.7. The highest BCUT2D eigenvalue weighted by atomic mass is 16.5. The van der Waals surface area contributed by atoms with E-state index < -0.39 is 22.5 Å². The number of rotatable bonds is 9. The number of aromatic amines is 2. The molecule has 0 amide bonds. The Hall–Kier alpha value is -4.09. The maximum absolute atomic E-state index is 13.2. The van der Waals surface area contributed by atoms with Crippen LogP contribution in [-0.2, 0) is 19.5 Å². The zero-order chi connectivity index (χ0) is 24.4. The topological polar surface area (TPSA) is 162 Å². The fourth-order valence-corrected chi connectivity index (χ4v) is 4.35. The Kier molecular flexibility index (Phi) is 6.25. The molecule has 1 saturated carbocycles. The summed E-state index contributed by atoms with van der Waals surface area (Å²) in [6.45, 7) is 0.450. The normalized spacial score (nSPS) is 13.8.